The van der Waals surface area contributed by atoms with Crippen molar-refractivity contribution >= 4 is 6.03 Å². The topological polar surface area (TPSA) is 67.6 Å². The van der Waals surface area contributed by atoms with Crippen molar-refractivity contribution in [3.05, 3.63) is 0 Å². The molecule has 1 saturated carbocycles. The minimum atomic E-state index is -0.394. The number of ether oxygens (including phenoxy) is 1. The first-order valence-electron chi connectivity index (χ1n) is 6.13. The zero-order chi connectivity index (χ0) is 11.4. The molecule has 1 saturated heterocycles. The number of hydrogen-bond donors (Lipinski definition) is 2. The molecule has 0 atom stereocenters. The zero-order valence-electron chi connectivity index (χ0n) is 9.65. The molecule has 1 aliphatic heterocycles. The predicted molar refractivity (Wildman–Crippen MR) is 61.2 cm³/mol. The summed E-state index contributed by atoms with van der Waals surface area (Å²) < 4.78 is 5.35. The molecule has 0 aromatic carbocycles. The van der Waals surface area contributed by atoms with E-state index in [0.717, 1.165) is 52.0 Å². The number of nitrogens with two attached hydrogens (primary N) is 1. The molecular formula is C11H21N3O2. The summed E-state index contributed by atoms with van der Waals surface area (Å²) in [6.07, 6.45) is 4.41. The molecule has 0 spiro atoms. The first-order chi connectivity index (χ1) is 7.75. The van der Waals surface area contributed by atoms with E-state index in [1.54, 1.807) is 0 Å². The highest BCUT2D eigenvalue weighted by Gasteiger charge is 2.27. The van der Waals surface area contributed by atoms with E-state index in [2.05, 4.69) is 10.2 Å². The van der Waals surface area contributed by atoms with E-state index in [1.807, 2.05) is 0 Å². The highest BCUT2D eigenvalue weighted by molar-refractivity contribution is 5.71. The molecule has 3 N–H and O–H groups in total. The second-order valence-corrected chi connectivity index (χ2v) is 4.66. The van der Waals surface area contributed by atoms with Crippen LogP contribution in [0.4, 0.5) is 4.79 Å². The van der Waals surface area contributed by atoms with Crippen molar-refractivity contribution in [1.82, 2.24) is 10.2 Å². The van der Waals surface area contributed by atoms with Crippen LogP contribution in [0.3, 0.4) is 0 Å². The molecule has 2 rings (SSSR count). The molecule has 1 heterocycles. The quantitative estimate of drug-likeness (QED) is 0.713. The molecule has 16 heavy (non-hydrogen) atoms. The van der Waals surface area contributed by atoms with Gasteiger partial charge in [-0.3, -0.25) is 4.90 Å². The summed E-state index contributed by atoms with van der Waals surface area (Å²) in [5, 5.41) is 2.80. The van der Waals surface area contributed by atoms with Crippen molar-refractivity contribution in [2.75, 3.05) is 26.3 Å². The predicted octanol–water partition coefficient (Wildman–Crippen LogP) is 0.298. The monoisotopic (exact) mass is 227 g/mol. The van der Waals surface area contributed by atoms with Crippen LogP contribution in [-0.2, 0) is 4.74 Å². The molecule has 5 nitrogen and oxygen atoms in total. The van der Waals surface area contributed by atoms with Crippen LogP contribution in [0, 0.1) is 0 Å². The molecule has 5 heteroatoms. The lowest BCUT2D eigenvalue weighted by Crippen LogP contribution is -2.48. The smallest absolute Gasteiger partial charge is 0.312 e. The summed E-state index contributed by atoms with van der Waals surface area (Å²) in [7, 11) is 0. The second kappa shape index (κ2) is 5.50. The molecule has 0 aromatic rings. The summed E-state index contributed by atoms with van der Waals surface area (Å²) in [4.78, 5) is 13.3. The van der Waals surface area contributed by atoms with Crippen molar-refractivity contribution in [3.63, 3.8) is 0 Å². The Kier molecular flexibility index (Phi) is 4.01. The van der Waals surface area contributed by atoms with Gasteiger partial charge in [-0.25, -0.2) is 4.79 Å². The van der Waals surface area contributed by atoms with Crippen LogP contribution < -0.4 is 11.1 Å². The van der Waals surface area contributed by atoms with Crippen molar-refractivity contribution in [2.45, 2.75) is 37.8 Å². The summed E-state index contributed by atoms with van der Waals surface area (Å²) in [5.41, 5.74) is 5.12. The molecular weight excluding hydrogens is 206 g/mol. The van der Waals surface area contributed by atoms with Crippen molar-refractivity contribution < 1.29 is 9.53 Å². The first-order valence-corrected chi connectivity index (χ1v) is 6.13. The Morgan fingerprint density at radius 1 is 1.19 bits per heavy atom. The third kappa shape index (κ3) is 3.09. The summed E-state index contributed by atoms with van der Waals surface area (Å²) in [6.45, 7) is 3.83. The normalized spacial score (nSPS) is 32.2. The number of primary amides is 1. The minimum Gasteiger partial charge on any atom is -0.379 e. The molecule has 2 fully saturated rings. The van der Waals surface area contributed by atoms with Crippen LogP contribution in [0.2, 0.25) is 0 Å². The van der Waals surface area contributed by atoms with Gasteiger partial charge in [-0.1, -0.05) is 0 Å². The lowest BCUT2D eigenvalue weighted by Gasteiger charge is -2.38. The molecule has 0 aromatic heterocycles. The fourth-order valence-electron chi connectivity index (χ4n) is 2.73. The minimum absolute atomic E-state index is 0.287. The maximum atomic E-state index is 10.7. The number of urea groups is 1. The highest BCUT2D eigenvalue weighted by atomic mass is 16.5. The number of amides is 2. The van der Waals surface area contributed by atoms with Crippen LogP contribution in [-0.4, -0.2) is 49.3 Å². The first kappa shape index (κ1) is 11.7. The maximum absolute atomic E-state index is 10.7. The molecule has 92 valence electrons. The Balaban J connectivity index is 1.73. The standard InChI is InChI=1S/C11H21N3O2/c12-11(15)13-9-1-3-10(4-2-9)14-5-7-16-8-6-14/h9-10H,1-8H2,(H3,12,13,15). The van der Waals surface area contributed by atoms with E-state index in [0.29, 0.717) is 6.04 Å². The molecule has 2 amide bonds. The van der Waals surface area contributed by atoms with Gasteiger partial charge in [-0.15, -0.1) is 0 Å². The Morgan fingerprint density at radius 3 is 2.38 bits per heavy atom. The van der Waals surface area contributed by atoms with Crippen LogP contribution in [0.5, 0.6) is 0 Å². The summed E-state index contributed by atoms with van der Waals surface area (Å²) in [5.74, 6) is 0. The van der Waals surface area contributed by atoms with Crippen LogP contribution in [0.15, 0.2) is 0 Å². The van der Waals surface area contributed by atoms with Crippen LogP contribution >= 0.6 is 0 Å². The van der Waals surface area contributed by atoms with Crippen LogP contribution in [0.25, 0.3) is 0 Å². The van der Waals surface area contributed by atoms with E-state index in [4.69, 9.17) is 10.5 Å². The van der Waals surface area contributed by atoms with Crippen LogP contribution in [0.1, 0.15) is 25.7 Å². The SMILES string of the molecule is NC(=O)NC1CCC(N2CCOCC2)CC1. The summed E-state index contributed by atoms with van der Waals surface area (Å²) >= 11 is 0. The second-order valence-electron chi connectivity index (χ2n) is 4.66. The molecule has 0 radical (unpaired) electrons. The molecule has 0 unspecified atom stereocenters. The maximum Gasteiger partial charge on any atom is 0.312 e. The lowest BCUT2D eigenvalue weighted by molar-refractivity contribution is 0.00689. The van der Waals surface area contributed by atoms with Gasteiger partial charge in [0.1, 0.15) is 0 Å². The fourth-order valence-corrected chi connectivity index (χ4v) is 2.73. The average Bonchev–Trinajstić information content (AvgIpc) is 2.30. The van der Waals surface area contributed by atoms with Gasteiger partial charge >= 0.3 is 6.03 Å². The Bertz CT molecular complexity index is 233. The fraction of sp³-hybridized carbons (Fsp3) is 0.909. The van der Waals surface area contributed by atoms with Crippen molar-refractivity contribution in [3.8, 4) is 0 Å². The van der Waals surface area contributed by atoms with Gasteiger partial charge < -0.3 is 15.8 Å². The van der Waals surface area contributed by atoms with E-state index in [-0.39, 0.29) is 6.04 Å². The molecule has 0 bridgehead atoms. The Hall–Kier alpha value is -0.810. The van der Waals surface area contributed by atoms with Gasteiger partial charge in [0.2, 0.25) is 0 Å². The Labute approximate surface area is 96.3 Å². The largest absolute Gasteiger partial charge is 0.379 e. The van der Waals surface area contributed by atoms with Gasteiger partial charge in [-0.2, -0.15) is 0 Å². The van der Waals surface area contributed by atoms with Gasteiger partial charge in [-0.05, 0) is 25.7 Å². The van der Waals surface area contributed by atoms with Gasteiger partial charge in [0.15, 0.2) is 0 Å². The van der Waals surface area contributed by atoms with Crippen molar-refractivity contribution in [1.29, 1.82) is 0 Å². The molecule has 2 aliphatic rings. The third-order valence-electron chi connectivity index (χ3n) is 3.61. The number of nitrogens with zero attached hydrogens (tertiary/aromatic N) is 1. The average molecular weight is 227 g/mol. The number of nitrogens with one attached hydrogen (secondary N) is 1. The Morgan fingerprint density at radius 2 is 1.81 bits per heavy atom. The number of morpholine rings is 1. The highest BCUT2D eigenvalue weighted by Crippen LogP contribution is 2.23. The van der Waals surface area contributed by atoms with Crippen molar-refractivity contribution in [2.24, 2.45) is 5.73 Å². The number of rotatable bonds is 2. The van der Waals surface area contributed by atoms with E-state index < -0.39 is 6.03 Å². The number of hydrogen-bond acceptors (Lipinski definition) is 3. The number of carbonyl (C=O) groups is 1. The van der Waals surface area contributed by atoms with E-state index in [1.165, 1.54) is 0 Å². The van der Waals surface area contributed by atoms with Gasteiger partial charge in [0.05, 0.1) is 13.2 Å². The zero-order valence-corrected chi connectivity index (χ0v) is 9.65. The van der Waals surface area contributed by atoms with E-state index in [9.17, 15) is 4.79 Å². The van der Waals surface area contributed by atoms with Gasteiger partial charge in [0, 0.05) is 25.2 Å². The number of carbonyl (C=O) groups excluding carboxylic acids is 1. The summed E-state index contributed by atoms with van der Waals surface area (Å²) in [6, 6.07) is 0.569. The van der Waals surface area contributed by atoms with E-state index >= 15 is 0 Å². The third-order valence-corrected chi connectivity index (χ3v) is 3.61. The van der Waals surface area contributed by atoms with Gasteiger partial charge in [0.25, 0.3) is 0 Å². The molecule has 1 aliphatic carbocycles. The lowest BCUT2D eigenvalue weighted by atomic mass is 9.90.